The number of hydrogen-bond donors (Lipinski definition) is 0. The van der Waals surface area contributed by atoms with Crippen molar-refractivity contribution < 1.29 is 13.5 Å². The number of ether oxygens (including phenoxy) is 1. The standard InChI is InChI=1S/C22H22F2N6OS/c1-15-6-8-16(9-7-15)29-21(28-10-12-31-13-11-28)26-27-22(29)32-14-19-25-17-4-2-3-5-18(17)30(19)20(23)24/h2-9,20H,10-14H2,1H3. The normalized spacial score (nSPS) is 14.6. The number of hydrogen-bond acceptors (Lipinski definition) is 6. The van der Waals surface area contributed by atoms with E-state index in [1.165, 1.54) is 11.8 Å². The number of imidazole rings is 1. The van der Waals surface area contributed by atoms with E-state index >= 15 is 0 Å². The SMILES string of the molecule is Cc1ccc(-n2c(SCc3nc4ccccc4n3C(F)F)nnc2N2CCOCC2)cc1. The van der Waals surface area contributed by atoms with Gasteiger partial charge >= 0.3 is 6.55 Å². The fourth-order valence-electron chi connectivity index (χ4n) is 3.79. The van der Waals surface area contributed by atoms with Crippen LogP contribution in [-0.4, -0.2) is 50.6 Å². The van der Waals surface area contributed by atoms with Crippen LogP contribution in [-0.2, 0) is 10.5 Å². The third-order valence-electron chi connectivity index (χ3n) is 5.40. The molecule has 0 saturated carbocycles. The molecule has 166 valence electrons. The molecule has 2 aromatic carbocycles. The molecule has 0 aliphatic carbocycles. The number of halogens is 2. The van der Waals surface area contributed by atoms with Crippen molar-refractivity contribution in [1.82, 2.24) is 24.3 Å². The first kappa shape index (κ1) is 20.9. The average molecular weight is 457 g/mol. The highest BCUT2D eigenvalue weighted by atomic mass is 32.2. The van der Waals surface area contributed by atoms with Crippen LogP contribution in [0.5, 0.6) is 0 Å². The molecule has 5 rings (SSSR count). The third-order valence-corrected chi connectivity index (χ3v) is 6.32. The molecule has 0 radical (unpaired) electrons. The lowest BCUT2D eigenvalue weighted by atomic mass is 10.2. The number of anilines is 1. The van der Waals surface area contributed by atoms with Crippen molar-refractivity contribution >= 4 is 28.7 Å². The van der Waals surface area contributed by atoms with Gasteiger partial charge in [0.15, 0.2) is 5.16 Å². The molecule has 2 aromatic heterocycles. The van der Waals surface area contributed by atoms with Gasteiger partial charge in [0.05, 0.1) is 35.7 Å². The number of rotatable bonds is 6. The molecule has 7 nitrogen and oxygen atoms in total. The van der Waals surface area contributed by atoms with Gasteiger partial charge in [-0.15, -0.1) is 10.2 Å². The number of alkyl halides is 2. The van der Waals surface area contributed by atoms with E-state index in [2.05, 4.69) is 20.1 Å². The highest BCUT2D eigenvalue weighted by Gasteiger charge is 2.23. The highest BCUT2D eigenvalue weighted by Crippen LogP contribution is 2.31. The number of morpholine rings is 1. The van der Waals surface area contributed by atoms with E-state index in [0.29, 0.717) is 35.2 Å². The molecule has 1 aliphatic heterocycles. The molecule has 0 N–H and O–H groups in total. The summed E-state index contributed by atoms with van der Waals surface area (Å²) in [6, 6.07) is 15.0. The molecule has 0 bridgehead atoms. The molecule has 10 heteroatoms. The zero-order valence-electron chi connectivity index (χ0n) is 17.5. The molecule has 0 atom stereocenters. The quantitative estimate of drug-likeness (QED) is 0.400. The predicted molar refractivity (Wildman–Crippen MR) is 120 cm³/mol. The molecule has 32 heavy (non-hydrogen) atoms. The fourth-order valence-corrected chi connectivity index (χ4v) is 4.66. The van der Waals surface area contributed by atoms with Crippen LogP contribution in [0, 0.1) is 6.92 Å². The summed E-state index contributed by atoms with van der Waals surface area (Å²) in [4.78, 5) is 6.57. The van der Waals surface area contributed by atoms with Crippen LogP contribution in [0.15, 0.2) is 53.7 Å². The minimum Gasteiger partial charge on any atom is -0.378 e. The second kappa shape index (κ2) is 8.87. The lowest BCUT2D eigenvalue weighted by Crippen LogP contribution is -2.37. The lowest BCUT2D eigenvalue weighted by molar-refractivity contribution is 0.0722. The van der Waals surface area contributed by atoms with Gasteiger partial charge in [-0.3, -0.25) is 9.13 Å². The third kappa shape index (κ3) is 3.95. The Morgan fingerprint density at radius 2 is 1.78 bits per heavy atom. The molecular weight excluding hydrogens is 434 g/mol. The van der Waals surface area contributed by atoms with E-state index in [1.54, 1.807) is 24.3 Å². The van der Waals surface area contributed by atoms with Crippen LogP contribution in [0.3, 0.4) is 0 Å². The highest BCUT2D eigenvalue weighted by molar-refractivity contribution is 7.98. The molecule has 1 saturated heterocycles. The van der Waals surface area contributed by atoms with Gasteiger partial charge < -0.3 is 9.64 Å². The van der Waals surface area contributed by atoms with E-state index in [-0.39, 0.29) is 5.75 Å². The van der Waals surface area contributed by atoms with Crippen molar-refractivity contribution in [3.63, 3.8) is 0 Å². The first-order chi connectivity index (χ1) is 15.6. The van der Waals surface area contributed by atoms with Gasteiger partial charge in [-0.2, -0.15) is 8.78 Å². The summed E-state index contributed by atoms with van der Waals surface area (Å²) in [6.07, 6.45) is 0. The monoisotopic (exact) mass is 456 g/mol. The van der Waals surface area contributed by atoms with Crippen molar-refractivity contribution in [2.24, 2.45) is 0 Å². The lowest BCUT2D eigenvalue weighted by Gasteiger charge is -2.28. The minimum atomic E-state index is -2.67. The number of para-hydroxylation sites is 2. The smallest absolute Gasteiger partial charge is 0.320 e. The van der Waals surface area contributed by atoms with Gasteiger partial charge in [-0.1, -0.05) is 41.6 Å². The Morgan fingerprint density at radius 1 is 1.03 bits per heavy atom. The van der Waals surface area contributed by atoms with Crippen LogP contribution in [0.1, 0.15) is 17.9 Å². The van der Waals surface area contributed by atoms with Gasteiger partial charge in [-0.25, -0.2) is 4.98 Å². The van der Waals surface area contributed by atoms with Crippen LogP contribution >= 0.6 is 11.8 Å². The summed E-state index contributed by atoms with van der Waals surface area (Å²) in [7, 11) is 0. The average Bonchev–Trinajstić information content (AvgIpc) is 3.40. The second-order valence-corrected chi connectivity index (χ2v) is 8.45. The second-order valence-electron chi connectivity index (χ2n) is 7.51. The van der Waals surface area contributed by atoms with E-state index in [1.807, 2.05) is 35.8 Å². The maximum Gasteiger partial charge on any atom is 0.320 e. The maximum atomic E-state index is 13.8. The summed E-state index contributed by atoms with van der Waals surface area (Å²) >= 11 is 1.35. The Bertz CT molecular complexity index is 1220. The molecule has 0 amide bonds. The van der Waals surface area contributed by atoms with E-state index in [0.717, 1.165) is 34.9 Å². The van der Waals surface area contributed by atoms with Crippen LogP contribution in [0.2, 0.25) is 0 Å². The van der Waals surface area contributed by atoms with Gasteiger partial charge in [0.2, 0.25) is 5.95 Å². The first-order valence-electron chi connectivity index (χ1n) is 10.3. The molecule has 0 unspecified atom stereocenters. The summed E-state index contributed by atoms with van der Waals surface area (Å²) in [6.45, 7) is 2.05. The molecule has 3 heterocycles. The molecule has 1 aliphatic rings. The Balaban J connectivity index is 1.50. The van der Waals surface area contributed by atoms with Crippen LogP contribution < -0.4 is 4.90 Å². The topological polar surface area (TPSA) is 61.0 Å². The summed E-state index contributed by atoms with van der Waals surface area (Å²) < 4.78 is 36.0. The van der Waals surface area contributed by atoms with Gasteiger partial charge in [0, 0.05) is 13.1 Å². The minimum absolute atomic E-state index is 0.242. The van der Waals surface area contributed by atoms with Crippen molar-refractivity contribution in [3.8, 4) is 5.69 Å². The number of fused-ring (bicyclic) bond motifs is 1. The number of benzene rings is 2. The Kier molecular flexibility index (Phi) is 5.79. The number of nitrogens with zero attached hydrogens (tertiary/aromatic N) is 6. The Hall–Kier alpha value is -2.98. The predicted octanol–water partition coefficient (Wildman–Crippen LogP) is 4.45. The Labute approximate surface area is 188 Å². The largest absolute Gasteiger partial charge is 0.378 e. The van der Waals surface area contributed by atoms with Gasteiger partial charge in [-0.05, 0) is 31.2 Å². The Morgan fingerprint density at radius 3 is 2.53 bits per heavy atom. The fraction of sp³-hybridized carbons (Fsp3) is 0.318. The van der Waals surface area contributed by atoms with Crippen LogP contribution in [0.25, 0.3) is 16.7 Å². The summed E-state index contributed by atoms with van der Waals surface area (Å²) in [5.74, 6) is 1.27. The van der Waals surface area contributed by atoms with Gasteiger partial charge in [0.1, 0.15) is 5.82 Å². The van der Waals surface area contributed by atoms with Crippen molar-refractivity contribution in [2.45, 2.75) is 24.4 Å². The van der Waals surface area contributed by atoms with Crippen LogP contribution in [0.4, 0.5) is 14.7 Å². The number of aromatic nitrogens is 5. The van der Waals surface area contributed by atoms with Crippen molar-refractivity contribution in [3.05, 3.63) is 59.9 Å². The van der Waals surface area contributed by atoms with Crippen molar-refractivity contribution in [1.29, 1.82) is 0 Å². The zero-order chi connectivity index (χ0) is 22.1. The number of thioether (sulfide) groups is 1. The number of aryl methyl sites for hydroxylation is 1. The van der Waals surface area contributed by atoms with Crippen molar-refractivity contribution in [2.75, 3.05) is 31.2 Å². The molecule has 0 spiro atoms. The molecular formula is C22H22F2N6OS. The molecule has 1 fully saturated rings. The summed E-state index contributed by atoms with van der Waals surface area (Å²) in [5, 5.41) is 9.47. The first-order valence-corrected chi connectivity index (χ1v) is 11.3. The van der Waals surface area contributed by atoms with Gasteiger partial charge in [0.25, 0.3) is 0 Å². The van der Waals surface area contributed by atoms with E-state index < -0.39 is 6.55 Å². The van der Waals surface area contributed by atoms with E-state index in [9.17, 15) is 8.78 Å². The zero-order valence-corrected chi connectivity index (χ0v) is 18.3. The summed E-state index contributed by atoms with van der Waals surface area (Å²) in [5.41, 5.74) is 3.05. The molecule has 4 aromatic rings. The van der Waals surface area contributed by atoms with E-state index in [4.69, 9.17) is 4.74 Å². The maximum absolute atomic E-state index is 13.8.